The third-order valence-electron chi connectivity index (χ3n) is 16.7. The van der Waals surface area contributed by atoms with E-state index >= 15 is 0 Å². The molecule has 3 saturated carbocycles. The number of ketones is 1. The fourth-order valence-corrected chi connectivity index (χ4v) is 13.5. The van der Waals surface area contributed by atoms with Gasteiger partial charge in [-0.15, -0.1) is 0 Å². The molecule has 0 atom stereocenters. The van der Waals surface area contributed by atoms with Gasteiger partial charge in [0.15, 0.2) is 0 Å². The lowest BCUT2D eigenvalue weighted by Crippen LogP contribution is -2.64. The number of halogens is 3. The van der Waals surface area contributed by atoms with Crippen LogP contribution in [0.1, 0.15) is 142 Å². The molecule has 3 aromatic rings. The average molecular weight is 1100 g/mol. The van der Waals surface area contributed by atoms with Crippen LogP contribution < -0.4 is 14.7 Å². The Balaban J connectivity index is 0.000000128. The van der Waals surface area contributed by atoms with E-state index in [4.69, 9.17) is 0 Å². The average Bonchev–Trinajstić information content (AvgIpc) is 3.67. The number of nitriles is 1. The summed E-state index contributed by atoms with van der Waals surface area (Å²) >= 11 is 10.6. The molecule has 5 aliphatic heterocycles. The fraction of sp³-hybridized carbons (Fsp3) is 0.574. The van der Waals surface area contributed by atoms with E-state index < -0.39 is 16.2 Å². The molecule has 11 rings (SSSR count). The van der Waals surface area contributed by atoms with Crippen molar-refractivity contribution in [3.63, 3.8) is 0 Å². The molecule has 0 aromatic heterocycles. The second kappa shape index (κ2) is 17.8. The summed E-state index contributed by atoms with van der Waals surface area (Å²) in [6, 6.07) is 21.5. The van der Waals surface area contributed by atoms with Crippen molar-refractivity contribution < 1.29 is 19.2 Å². The summed E-state index contributed by atoms with van der Waals surface area (Å²) in [6.45, 7) is 18.9. The summed E-state index contributed by atoms with van der Waals surface area (Å²) in [7, 11) is 0. The maximum absolute atomic E-state index is 13.1. The van der Waals surface area contributed by atoms with Crippen molar-refractivity contribution in [2.75, 3.05) is 40.9 Å². The Bertz CT molecular complexity index is 2530. The first kappa shape index (κ1) is 48.6. The first-order valence-corrected chi connectivity index (χ1v) is 26.8. The Morgan fingerprint density at radius 3 is 1.19 bits per heavy atom. The van der Waals surface area contributed by atoms with E-state index in [2.05, 4.69) is 120 Å². The zero-order valence-electron chi connectivity index (χ0n) is 40.2. The summed E-state index contributed by atoms with van der Waals surface area (Å²) in [5, 5.41) is 9.85. The molecule has 13 heteroatoms. The third-order valence-corrected chi connectivity index (χ3v) is 18.2. The first-order valence-electron chi connectivity index (χ1n) is 24.5. The summed E-state index contributed by atoms with van der Waals surface area (Å²) in [5.74, 6) is 0.777. The monoisotopic (exact) mass is 1100 g/mol. The predicted molar refractivity (Wildman–Crippen MR) is 276 cm³/mol. The smallest absolute Gasteiger partial charge is 0.237 e. The number of likely N-dealkylation sites (tertiary alicyclic amines) is 2. The lowest BCUT2D eigenvalue weighted by Gasteiger charge is -2.55. The van der Waals surface area contributed by atoms with Gasteiger partial charge in [-0.25, -0.2) is 0 Å². The molecule has 5 fully saturated rings. The van der Waals surface area contributed by atoms with Crippen molar-refractivity contribution in [1.29, 1.82) is 5.26 Å². The number of hydrogen-bond donors (Lipinski definition) is 0. The topological polar surface area (TPSA) is 108 Å². The van der Waals surface area contributed by atoms with Gasteiger partial charge in [0.2, 0.25) is 17.7 Å². The molecule has 0 unspecified atom stereocenters. The molecule has 2 saturated heterocycles. The number of rotatable bonds is 5. The predicted octanol–water partition coefficient (Wildman–Crippen LogP) is 11.3. The van der Waals surface area contributed by atoms with Crippen molar-refractivity contribution in [3.8, 4) is 6.07 Å². The Kier molecular flexibility index (Phi) is 12.9. The summed E-state index contributed by atoms with van der Waals surface area (Å²) in [4.78, 5) is 60.9. The van der Waals surface area contributed by atoms with Crippen molar-refractivity contribution >= 4 is 88.4 Å². The van der Waals surface area contributed by atoms with Crippen LogP contribution in [-0.4, -0.2) is 88.7 Å². The van der Waals surface area contributed by atoms with Crippen LogP contribution in [0.4, 0.5) is 17.1 Å². The van der Waals surface area contributed by atoms with Crippen LogP contribution in [0.25, 0.3) is 0 Å². The maximum atomic E-state index is 13.1. The molecule has 8 aliphatic rings. The summed E-state index contributed by atoms with van der Waals surface area (Å²) < 4.78 is 3.00. The molecule has 0 N–H and O–H groups in total. The highest BCUT2D eigenvalue weighted by molar-refractivity contribution is 9.11. The molecular formula is C54H65Br3N6O4. The lowest BCUT2D eigenvalue weighted by molar-refractivity contribution is -0.127. The van der Waals surface area contributed by atoms with E-state index in [-0.39, 0.29) is 46.7 Å². The minimum absolute atomic E-state index is 0.0554. The molecule has 10 nitrogen and oxygen atoms in total. The van der Waals surface area contributed by atoms with Gasteiger partial charge < -0.3 is 14.7 Å². The van der Waals surface area contributed by atoms with Gasteiger partial charge >= 0.3 is 0 Å². The van der Waals surface area contributed by atoms with E-state index in [9.17, 15) is 24.4 Å². The van der Waals surface area contributed by atoms with E-state index in [0.29, 0.717) is 18.9 Å². The largest absolute Gasteiger partial charge is 0.308 e. The number of amides is 3. The van der Waals surface area contributed by atoms with E-state index in [1.54, 1.807) is 0 Å². The Morgan fingerprint density at radius 2 is 0.836 bits per heavy atom. The molecule has 0 radical (unpaired) electrons. The molecule has 3 aromatic carbocycles. The number of fused-ring (bicyclic) bond motifs is 3. The van der Waals surface area contributed by atoms with Gasteiger partial charge in [-0.1, -0.05) is 78.8 Å². The van der Waals surface area contributed by atoms with Crippen LogP contribution in [0.5, 0.6) is 0 Å². The normalized spacial score (nSPS) is 29.3. The van der Waals surface area contributed by atoms with Crippen LogP contribution in [0.2, 0.25) is 0 Å². The number of piperidine rings is 2. The van der Waals surface area contributed by atoms with Crippen molar-refractivity contribution in [2.24, 2.45) is 0 Å². The van der Waals surface area contributed by atoms with Gasteiger partial charge in [0.1, 0.15) is 11.3 Å². The molecule has 3 aliphatic carbocycles. The van der Waals surface area contributed by atoms with Crippen LogP contribution in [0.3, 0.4) is 0 Å². The van der Waals surface area contributed by atoms with Gasteiger partial charge in [-0.05, 0) is 166 Å². The lowest BCUT2D eigenvalue weighted by atomic mass is 9.70. The van der Waals surface area contributed by atoms with Crippen molar-refractivity contribution in [1.82, 2.24) is 9.80 Å². The fourth-order valence-electron chi connectivity index (χ4n) is 12.5. The van der Waals surface area contributed by atoms with Gasteiger partial charge in [0.05, 0.1) is 28.4 Å². The highest BCUT2D eigenvalue weighted by Gasteiger charge is 2.57. The maximum Gasteiger partial charge on any atom is 0.237 e. The van der Waals surface area contributed by atoms with Crippen LogP contribution in [-0.2, 0) is 35.4 Å². The zero-order chi connectivity index (χ0) is 48.0. The van der Waals surface area contributed by atoms with Crippen molar-refractivity contribution in [3.05, 3.63) is 84.7 Å². The Morgan fingerprint density at radius 1 is 0.493 bits per heavy atom. The number of anilines is 3. The van der Waals surface area contributed by atoms with Crippen LogP contribution >= 0.6 is 47.8 Å². The highest BCUT2D eigenvalue weighted by Crippen LogP contribution is 2.52. The second-order valence-electron chi connectivity index (χ2n) is 22.3. The van der Waals surface area contributed by atoms with Crippen molar-refractivity contribution in [2.45, 2.75) is 171 Å². The SMILES string of the molecule is CC1(C)C(=O)N(C2CC(=O)C2)c2cc(Br)ccc21.CC1(C)C(=O)N(C2CC(C#N)(N3CCCCC3)C2)c2cc(Br)ccc21.CC1(C)C(=O)N(C2CC(C)(N3CCCCC3)C2)c2cc(Br)ccc21. The quantitative estimate of drug-likeness (QED) is 0.250. The second-order valence-corrected chi connectivity index (χ2v) is 25.1. The molecule has 0 bridgehead atoms. The van der Waals surface area contributed by atoms with Gasteiger partial charge in [0.25, 0.3) is 0 Å². The summed E-state index contributed by atoms with van der Waals surface area (Å²) in [5.41, 5.74) is 4.91. The first-order chi connectivity index (χ1) is 31.6. The molecule has 3 amide bonds. The molecular weight excluding hydrogens is 1040 g/mol. The molecule has 0 spiro atoms. The van der Waals surface area contributed by atoms with Gasteiger partial charge in [0, 0.05) is 73.8 Å². The standard InChI is InChI=1S/C20H24BrN3O.C20H27BrN2O.C14H14BrNO2/c1-19(2)16-7-6-14(21)10-17(16)24(18(19)25)15-11-20(12-15,13-22)23-8-4-3-5-9-23;1-19(2)16-8-7-14(21)11-17(16)23(18(19)24)15-12-20(3,13-15)22-9-5-4-6-10-22;1-14(2)11-4-3-8(15)5-12(11)16(13(14)18)9-6-10(17)7-9/h6-7,10,15H,3-5,8-9,11-12H2,1-2H3;7-8,11,15H,4-6,9-10,12-13H2,1-3H3;3-5,9H,6-7H2,1-2H3. The van der Waals surface area contributed by atoms with Gasteiger partial charge in [-0.3, -0.25) is 29.0 Å². The van der Waals surface area contributed by atoms with E-state index in [1.807, 2.05) is 61.8 Å². The number of carbonyl (C=O) groups is 4. The number of Topliss-reactive ketones (excluding diaryl/α,β-unsaturated/α-hetero) is 1. The van der Waals surface area contributed by atoms with Crippen LogP contribution in [0, 0.1) is 11.3 Å². The third kappa shape index (κ3) is 8.28. The molecule has 356 valence electrons. The van der Waals surface area contributed by atoms with E-state index in [0.717, 1.165) is 80.4 Å². The minimum atomic E-state index is -0.494. The van der Waals surface area contributed by atoms with Gasteiger partial charge in [-0.2, -0.15) is 5.26 Å². The zero-order valence-corrected chi connectivity index (χ0v) is 45.0. The Labute approximate surface area is 422 Å². The minimum Gasteiger partial charge on any atom is -0.308 e. The molecule has 5 heterocycles. The molecule has 67 heavy (non-hydrogen) atoms. The number of carbonyl (C=O) groups excluding carboxylic acids is 4. The number of hydrogen-bond acceptors (Lipinski definition) is 7. The summed E-state index contributed by atoms with van der Waals surface area (Å²) in [6.07, 6.45) is 12.4. The number of nitrogens with zero attached hydrogens (tertiary/aromatic N) is 6. The van der Waals surface area contributed by atoms with Crippen LogP contribution in [0.15, 0.2) is 68.0 Å². The van der Waals surface area contributed by atoms with E-state index in [1.165, 1.54) is 57.2 Å². The number of benzene rings is 3. The Hall–Kier alpha value is -3.41. The highest BCUT2D eigenvalue weighted by atomic mass is 79.9.